The fourth-order valence-electron chi connectivity index (χ4n) is 4.98. The summed E-state index contributed by atoms with van der Waals surface area (Å²) in [6.07, 6.45) is 1.31. The van der Waals surface area contributed by atoms with E-state index in [9.17, 15) is 0 Å². The first-order chi connectivity index (χ1) is 12.5. The quantitative estimate of drug-likeness (QED) is 0.887. The molecule has 2 atom stereocenters. The summed E-state index contributed by atoms with van der Waals surface area (Å²) in [7, 11) is 1.72. The number of fused-ring (bicyclic) bond motifs is 4. The molecule has 0 aliphatic carbocycles. The Morgan fingerprint density at radius 1 is 1.12 bits per heavy atom. The van der Waals surface area contributed by atoms with E-state index in [2.05, 4.69) is 65.8 Å². The number of ether oxygens (including phenoxy) is 1. The van der Waals surface area contributed by atoms with Gasteiger partial charge in [-0.05, 0) is 35.2 Å². The highest BCUT2D eigenvalue weighted by Crippen LogP contribution is 2.46. The van der Waals surface area contributed by atoms with Gasteiger partial charge in [-0.2, -0.15) is 0 Å². The minimum atomic E-state index is -0.0240. The second-order valence-corrected chi connectivity index (χ2v) is 8.47. The maximum atomic E-state index is 5.40. The van der Waals surface area contributed by atoms with Gasteiger partial charge >= 0.3 is 0 Å². The van der Waals surface area contributed by atoms with Crippen molar-refractivity contribution in [2.75, 3.05) is 25.5 Å². The molecule has 2 N–H and O–H groups in total. The predicted octanol–water partition coefficient (Wildman–Crippen LogP) is 3.62. The van der Waals surface area contributed by atoms with E-state index in [4.69, 9.17) is 4.74 Å². The van der Waals surface area contributed by atoms with Crippen LogP contribution in [-0.2, 0) is 12.0 Å². The molecule has 2 aromatic rings. The molecule has 0 amide bonds. The molecule has 2 saturated heterocycles. The Morgan fingerprint density at radius 2 is 2.00 bits per heavy atom. The van der Waals surface area contributed by atoms with Gasteiger partial charge < -0.3 is 15.4 Å². The molecule has 0 radical (unpaired) electrons. The minimum absolute atomic E-state index is 0.0240. The van der Waals surface area contributed by atoms with Crippen LogP contribution in [0.4, 0.5) is 11.4 Å². The highest BCUT2D eigenvalue weighted by molar-refractivity contribution is 5.76. The number of rotatable bonds is 3. The molecule has 136 valence electrons. The first kappa shape index (κ1) is 16.2. The van der Waals surface area contributed by atoms with Gasteiger partial charge in [0.25, 0.3) is 0 Å². The van der Waals surface area contributed by atoms with Gasteiger partial charge in [-0.25, -0.2) is 0 Å². The summed E-state index contributed by atoms with van der Waals surface area (Å²) in [4.78, 5) is 2.64. The third-order valence-corrected chi connectivity index (χ3v) is 6.48. The summed E-state index contributed by atoms with van der Waals surface area (Å²) in [5.74, 6) is 0.893. The number of piperazine rings is 1. The SMILES string of the molecule is COc1ccc2c(c1)Nc1ccc(CN3CC4CC3CN4)cc1C2(C)C. The van der Waals surface area contributed by atoms with E-state index in [1.165, 1.54) is 35.3 Å². The first-order valence-corrected chi connectivity index (χ1v) is 9.61. The molecule has 2 aromatic carbocycles. The van der Waals surface area contributed by atoms with Gasteiger partial charge in [-0.1, -0.05) is 32.0 Å². The average Bonchev–Trinajstić information content (AvgIpc) is 3.25. The normalized spacial score (nSPS) is 25.5. The minimum Gasteiger partial charge on any atom is -0.497 e. The van der Waals surface area contributed by atoms with Gasteiger partial charge in [-0.3, -0.25) is 4.90 Å². The second-order valence-electron chi connectivity index (χ2n) is 8.47. The highest BCUT2D eigenvalue weighted by atomic mass is 16.5. The predicted molar refractivity (Wildman–Crippen MR) is 105 cm³/mol. The molecule has 26 heavy (non-hydrogen) atoms. The lowest BCUT2D eigenvalue weighted by Crippen LogP contribution is -2.43. The zero-order valence-electron chi connectivity index (χ0n) is 15.8. The Kier molecular flexibility index (Phi) is 3.56. The molecule has 2 bridgehead atoms. The summed E-state index contributed by atoms with van der Waals surface area (Å²) in [6.45, 7) is 8.04. The molecule has 4 heteroatoms. The number of nitrogens with zero attached hydrogens (tertiary/aromatic N) is 1. The van der Waals surface area contributed by atoms with E-state index in [0.29, 0.717) is 6.04 Å². The summed E-state index contributed by atoms with van der Waals surface area (Å²) < 4.78 is 5.40. The summed E-state index contributed by atoms with van der Waals surface area (Å²) in [5, 5.41) is 7.21. The number of anilines is 2. The van der Waals surface area contributed by atoms with Crippen LogP contribution in [0.15, 0.2) is 36.4 Å². The Hall–Kier alpha value is -2.04. The molecule has 3 heterocycles. The number of likely N-dealkylation sites (tertiary alicyclic amines) is 1. The molecule has 0 aromatic heterocycles. The molecule has 5 rings (SSSR count). The van der Waals surface area contributed by atoms with Crippen LogP contribution in [0.1, 0.15) is 37.0 Å². The van der Waals surface area contributed by atoms with Crippen molar-refractivity contribution in [3.63, 3.8) is 0 Å². The summed E-state index contributed by atoms with van der Waals surface area (Å²) in [6, 6.07) is 14.7. The van der Waals surface area contributed by atoms with Crippen LogP contribution in [-0.4, -0.2) is 37.2 Å². The van der Waals surface area contributed by atoms with Crippen molar-refractivity contribution in [2.24, 2.45) is 0 Å². The van der Waals surface area contributed by atoms with Gasteiger partial charge in [0.1, 0.15) is 5.75 Å². The third-order valence-electron chi connectivity index (χ3n) is 6.48. The fourth-order valence-corrected chi connectivity index (χ4v) is 4.98. The molecule has 0 saturated carbocycles. The third kappa shape index (κ3) is 2.43. The van der Waals surface area contributed by atoms with Crippen LogP contribution in [0.5, 0.6) is 5.75 Å². The van der Waals surface area contributed by atoms with Crippen LogP contribution < -0.4 is 15.4 Å². The topological polar surface area (TPSA) is 36.5 Å². The number of nitrogens with one attached hydrogen (secondary N) is 2. The lowest BCUT2D eigenvalue weighted by atomic mass is 9.74. The molecule has 4 nitrogen and oxygen atoms in total. The maximum Gasteiger partial charge on any atom is 0.120 e. The average molecular weight is 349 g/mol. The number of benzene rings is 2. The van der Waals surface area contributed by atoms with Crippen molar-refractivity contribution in [3.8, 4) is 5.75 Å². The van der Waals surface area contributed by atoms with Gasteiger partial charge in [0.15, 0.2) is 0 Å². The molecular formula is C22H27N3O. The van der Waals surface area contributed by atoms with Crippen molar-refractivity contribution < 1.29 is 4.74 Å². The lowest BCUT2D eigenvalue weighted by molar-refractivity contribution is 0.217. The Labute approximate surface area is 155 Å². The molecule has 2 fully saturated rings. The van der Waals surface area contributed by atoms with E-state index in [1.807, 2.05) is 0 Å². The Balaban J connectivity index is 1.47. The van der Waals surface area contributed by atoms with E-state index in [1.54, 1.807) is 7.11 Å². The molecule has 2 unspecified atom stereocenters. The van der Waals surface area contributed by atoms with Crippen molar-refractivity contribution in [1.82, 2.24) is 10.2 Å². The van der Waals surface area contributed by atoms with Gasteiger partial charge in [0.05, 0.1) is 7.11 Å². The largest absolute Gasteiger partial charge is 0.497 e. The molecule has 3 aliphatic heterocycles. The van der Waals surface area contributed by atoms with Crippen molar-refractivity contribution in [1.29, 1.82) is 0 Å². The van der Waals surface area contributed by atoms with Crippen LogP contribution in [0, 0.1) is 0 Å². The first-order valence-electron chi connectivity index (χ1n) is 9.61. The number of methoxy groups -OCH3 is 1. The van der Waals surface area contributed by atoms with Gasteiger partial charge in [-0.15, -0.1) is 0 Å². The molecular weight excluding hydrogens is 322 g/mol. The van der Waals surface area contributed by atoms with E-state index in [0.717, 1.165) is 30.6 Å². The monoisotopic (exact) mass is 349 g/mol. The van der Waals surface area contributed by atoms with E-state index in [-0.39, 0.29) is 5.41 Å². The summed E-state index contributed by atoms with van der Waals surface area (Å²) >= 11 is 0. The van der Waals surface area contributed by atoms with Crippen LogP contribution in [0.25, 0.3) is 0 Å². The van der Waals surface area contributed by atoms with Gasteiger partial charge in [0, 0.05) is 54.6 Å². The lowest BCUT2D eigenvalue weighted by Gasteiger charge is -2.36. The number of hydrogen-bond donors (Lipinski definition) is 2. The van der Waals surface area contributed by atoms with E-state index < -0.39 is 0 Å². The fraction of sp³-hybridized carbons (Fsp3) is 0.455. The Bertz CT molecular complexity index is 860. The van der Waals surface area contributed by atoms with Crippen molar-refractivity contribution in [2.45, 2.75) is 44.3 Å². The summed E-state index contributed by atoms with van der Waals surface area (Å²) in [5.41, 5.74) is 6.47. The molecule has 0 spiro atoms. The standard InChI is InChI=1S/C22H27N3O/c1-22(2)18-6-5-17(26-3)10-21(18)24-20-7-4-14(8-19(20)22)12-25-13-15-9-16(25)11-23-15/h4-8,10,15-16,23-24H,9,11-13H2,1-3H3. The van der Waals surface area contributed by atoms with Crippen LogP contribution >= 0.6 is 0 Å². The Morgan fingerprint density at radius 3 is 2.73 bits per heavy atom. The highest BCUT2D eigenvalue weighted by Gasteiger charge is 2.38. The smallest absolute Gasteiger partial charge is 0.120 e. The zero-order valence-corrected chi connectivity index (χ0v) is 15.8. The number of hydrogen-bond acceptors (Lipinski definition) is 4. The van der Waals surface area contributed by atoms with E-state index >= 15 is 0 Å². The van der Waals surface area contributed by atoms with Crippen molar-refractivity contribution in [3.05, 3.63) is 53.1 Å². The molecule has 3 aliphatic rings. The van der Waals surface area contributed by atoms with Crippen LogP contribution in [0.2, 0.25) is 0 Å². The zero-order chi connectivity index (χ0) is 17.9. The van der Waals surface area contributed by atoms with Crippen molar-refractivity contribution >= 4 is 11.4 Å². The van der Waals surface area contributed by atoms with Crippen LogP contribution in [0.3, 0.4) is 0 Å². The van der Waals surface area contributed by atoms with Gasteiger partial charge in [0.2, 0.25) is 0 Å². The maximum absolute atomic E-state index is 5.40. The second kappa shape index (κ2) is 5.73.